The van der Waals surface area contributed by atoms with E-state index in [4.69, 9.17) is 4.42 Å². The van der Waals surface area contributed by atoms with Gasteiger partial charge in [-0.3, -0.25) is 0 Å². The topological polar surface area (TPSA) is 25.2 Å². The van der Waals surface area contributed by atoms with Crippen LogP contribution in [0, 0.1) is 0 Å². The first kappa shape index (κ1) is 14.3. The summed E-state index contributed by atoms with van der Waals surface area (Å²) in [5.41, 5.74) is 0. The van der Waals surface area contributed by atoms with Crippen molar-refractivity contribution in [2.24, 2.45) is 0 Å². The van der Waals surface area contributed by atoms with Crippen LogP contribution in [0.1, 0.15) is 71.1 Å². The van der Waals surface area contributed by atoms with Crippen molar-refractivity contribution in [1.82, 2.24) is 5.32 Å². The summed E-state index contributed by atoms with van der Waals surface area (Å²) in [5.74, 6) is 1.07. The highest BCUT2D eigenvalue weighted by molar-refractivity contribution is 5.04. The lowest BCUT2D eigenvalue weighted by Gasteiger charge is -2.23. The van der Waals surface area contributed by atoms with Crippen molar-refractivity contribution in [3.8, 4) is 0 Å². The second-order valence-corrected chi connectivity index (χ2v) is 4.77. The van der Waals surface area contributed by atoms with Gasteiger partial charge in [-0.2, -0.15) is 0 Å². The quantitative estimate of drug-likeness (QED) is 0.674. The lowest BCUT2D eigenvalue weighted by molar-refractivity contribution is 0.336. The maximum absolute atomic E-state index is 5.51. The minimum atomic E-state index is 0.374. The molecule has 2 unspecified atom stereocenters. The summed E-state index contributed by atoms with van der Waals surface area (Å²) >= 11 is 0. The number of unbranched alkanes of at least 4 members (excludes halogenated alkanes) is 1. The smallest absolute Gasteiger partial charge is 0.120 e. The van der Waals surface area contributed by atoms with Crippen molar-refractivity contribution in [2.45, 2.75) is 71.4 Å². The summed E-state index contributed by atoms with van der Waals surface area (Å²) in [7, 11) is 0. The van der Waals surface area contributed by atoms with Crippen LogP contribution in [-0.2, 0) is 0 Å². The molecule has 17 heavy (non-hydrogen) atoms. The zero-order chi connectivity index (χ0) is 12.5. The van der Waals surface area contributed by atoms with E-state index >= 15 is 0 Å². The lowest BCUT2D eigenvalue weighted by Crippen LogP contribution is -2.32. The average Bonchev–Trinajstić information content (AvgIpc) is 2.86. The highest BCUT2D eigenvalue weighted by Crippen LogP contribution is 2.20. The third-order valence-corrected chi connectivity index (χ3v) is 3.28. The molecule has 2 nitrogen and oxygen atoms in total. The number of furan rings is 1. The van der Waals surface area contributed by atoms with Gasteiger partial charge in [0.05, 0.1) is 12.3 Å². The molecule has 2 atom stereocenters. The Morgan fingerprint density at radius 1 is 1.18 bits per heavy atom. The Morgan fingerprint density at radius 2 is 2.00 bits per heavy atom. The average molecular weight is 237 g/mol. The number of nitrogens with one attached hydrogen (secondary N) is 1. The van der Waals surface area contributed by atoms with E-state index in [9.17, 15) is 0 Å². The van der Waals surface area contributed by atoms with Gasteiger partial charge < -0.3 is 9.73 Å². The summed E-state index contributed by atoms with van der Waals surface area (Å²) in [6.07, 6.45) is 9.22. The van der Waals surface area contributed by atoms with E-state index in [-0.39, 0.29) is 0 Å². The normalized spacial score (nSPS) is 14.8. The molecule has 0 aromatic carbocycles. The summed E-state index contributed by atoms with van der Waals surface area (Å²) in [6.45, 7) is 6.73. The minimum absolute atomic E-state index is 0.374. The van der Waals surface area contributed by atoms with Crippen LogP contribution in [0.4, 0.5) is 0 Å². The molecular formula is C15H27NO. The van der Waals surface area contributed by atoms with Crippen molar-refractivity contribution in [3.05, 3.63) is 24.2 Å². The largest absolute Gasteiger partial charge is 0.468 e. The molecule has 1 heterocycles. The maximum Gasteiger partial charge on any atom is 0.120 e. The summed E-state index contributed by atoms with van der Waals surface area (Å²) in [6, 6.07) is 5.05. The SMILES string of the molecule is CCCCC(CCC)NC(CC)c1ccco1. The van der Waals surface area contributed by atoms with E-state index in [2.05, 4.69) is 32.2 Å². The molecule has 98 valence electrons. The van der Waals surface area contributed by atoms with Gasteiger partial charge in [0.2, 0.25) is 0 Å². The first-order valence-electron chi connectivity index (χ1n) is 7.11. The fourth-order valence-electron chi connectivity index (χ4n) is 2.29. The Morgan fingerprint density at radius 3 is 2.53 bits per heavy atom. The van der Waals surface area contributed by atoms with Gasteiger partial charge in [-0.15, -0.1) is 0 Å². The highest BCUT2D eigenvalue weighted by atomic mass is 16.3. The van der Waals surface area contributed by atoms with E-state index in [1.54, 1.807) is 6.26 Å². The molecule has 0 spiro atoms. The number of rotatable bonds is 9. The summed E-state index contributed by atoms with van der Waals surface area (Å²) in [5, 5.41) is 3.75. The van der Waals surface area contributed by atoms with Crippen LogP contribution in [0.5, 0.6) is 0 Å². The Hall–Kier alpha value is -0.760. The van der Waals surface area contributed by atoms with Gasteiger partial charge in [-0.1, -0.05) is 40.0 Å². The van der Waals surface area contributed by atoms with Crippen LogP contribution in [0.15, 0.2) is 22.8 Å². The molecule has 0 saturated carbocycles. The molecule has 0 bridgehead atoms. The second kappa shape index (κ2) is 8.35. The van der Waals surface area contributed by atoms with Crippen LogP contribution < -0.4 is 5.32 Å². The minimum Gasteiger partial charge on any atom is -0.468 e. The van der Waals surface area contributed by atoms with Crippen molar-refractivity contribution in [3.63, 3.8) is 0 Å². The van der Waals surface area contributed by atoms with Crippen LogP contribution in [0.3, 0.4) is 0 Å². The third-order valence-electron chi connectivity index (χ3n) is 3.28. The Bertz CT molecular complexity index is 268. The zero-order valence-corrected chi connectivity index (χ0v) is 11.5. The van der Waals surface area contributed by atoms with Crippen molar-refractivity contribution in [1.29, 1.82) is 0 Å². The molecule has 0 radical (unpaired) electrons. The van der Waals surface area contributed by atoms with E-state index in [0.29, 0.717) is 12.1 Å². The van der Waals surface area contributed by atoms with E-state index in [0.717, 1.165) is 12.2 Å². The lowest BCUT2D eigenvalue weighted by atomic mass is 10.0. The van der Waals surface area contributed by atoms with Gasteiger partial charge in [-0.05, 0) is 31.4 Å². The van der Waals surface area contributed by atoms with Gasteiger partial charge >= 0.3 is 0 Å². The van der Waals surface area contributed by atoms with Gasteiger partial charge in [-0.25, -0.2) is 0 Å². The third kappa shape index (κ3) is 4.95. The molecule has 0 amide bonds. The van der Waals surface area contributed by atoms with E-state index in [1.165, 1.54) is 32.1 Å². The highest BCUT2D eigenvalue weighted by Gasteiger charge is 2.16. The van der Waals surface area contributed by atoms with Gasteiger partial charge in [0.25, 0.3) is 0 Å². The molecule has 0 saturated heterocycles. The fourth-order valence-corrected chi connectivity index (χ4v) is 2.29. The summed E-state index contributed by atoms with van der Waals surface area (Å²) < 4.78 is 5.51. The maximum atomic E-state index is 5.51. The number of hydrogen-bond donors (Lipinski definition) is 1. The molecular weight excluding hydrogens is 210 g/mol. The molecule has 1 N–H and O–H groups in total. The van der Waals surface area contributed by atoms with E-state index in [1.807, 2.05) is 6.07 Å². The van der Waals surface area contributed by atoms with Gasteiger partial charge in [0, 0.05) is 6.04 Å². The molecule has 1 aromatic heterocycles. The first-order chi connectivity index (χ1) is 8.31. The zero-order valence-electron chi connectivity index (χ0n) is 11.5. The van der Waals surface area contributed by atoms with Crippen LogP contribution in [0.25, 0.3) is 0 Å². The Balaban J connectivity index is 2.50. The van der Waals surface area contributed by atoms with Gasteiger partial charge in [0.1, 0.15) is 5.76 Å². The summed E-state index contributed by atoms with van der Waals surface area (Å²) in [4.78, 5) is 0. The van der Waals surface area contributed by atoms with Crippen molar-refractivity contribution < 1.29 is 4.42 Å². The van der Waals surface area contributed by atoms with Crippen LogP contribution in [0.2, 0.25) is 0 Å². The van der Waals surface area contributed by atoms with E-state index < -0.39 is 0 Å². The Kier molecular flexibility index (Phi) is 7.02. The molecule has 0 aliphatic heterocycles. The monoisotopic (exact) mass is 237 g/mol. The molecule has 0 aliphatic carbocycles. The van der Waals surface area contributed by atoms with Crippen molar-refractivity contribution >= 4 is 0 Å². The molecule has 0 fully saturated rings. The molecule has 1 rings (SSSR count). The predicted octanol–water partition coefficient (Wildman–Crippen LogP) is 4.68. The molecule has 1 aromatic rings. The fraction of sp³-hybridized carbons (Fsp3) is 0.733. The number of hydrogen-bond acceptors (Lipinski definition) is 2. The Labute approximate surface area is 106 Å². The van der Waals surface area contributed by atoms with Gasteiger partial charge in [0.15, 0.2) is 0 Å². The molecule has 0 aliphatic rings. The second-order valence-electron chi connectivity index (χ2n) is 4.77. The predicted molar refractivity (Wildman–Crippen MR) is 73.1 cm³/mol. The van der Waals surface area contributed by atoms with Crippen LogP contribution >= 0.6 is 0 Å². The standard InChI is InChI=1S/C15H27NO/c1-4-7-10-13(9-5-2)16-14(6-3)15-11-8-12-17-15/h8,11-14,16H,4-7,9-10H2,1-3H3. The van der Waals surface area contributed by atoms with Crippen LogP contribution in [-0.4, -0.2) is 6.04 Å². The van der Waals surface area contributed by atoms with Crippen molar-refractivity contribution in [2.75, 3.05) is 0 Å². The first-order valence-corrected chi connectivity index (χ1v) is 7.11. The molecule has 2 heteroatoms.